The molecular weight excluding hydrogens is 485 g/mol. The van der Waals surface area contributed by atoms with E-state index < -0.39 is 11.0 Å². The van der Waals surface area contributed by atoms with Crippen LogP contribution in [0.15, 0.2) is 42.5 Å². The molecule has 0 spiro atoms. The lowest BCUT2D eigenvalue weighted by molar-refractivity contribution is -0.384. The van der Waals surface area contributed by atoms with Crippen molar-refractivity contribution in [3.05, 3.63) is 73.8 Å². The average molecular weight is 512 g/mol. The third-order valence-electron chi connectivity index (χ3n) is 5.20. The van der Waals surface area contributed by atoms with E-state index in [1.165, 1.54) is 28.8 Å². The van der Waals surface area contributed by atoms with Gasteiger partial charge in [0.1, 0.15) is 6.04 Å². The first-order valence-corrected chi connectivity index (χ1v) is 12.4. The average Bonchev–Trinajstić information content (AvgIpc) is 2.78. The van der Waals surface area contributed by atoms with Crippen LogP contribution in [0.1, 0.15) is 38.3 Å². The Morgan fingerprint density at radius 2 is 1.73 bits per heavy atom. The molecule has 7 nitrogen and oxygen atoms in total. The second kappa shape index (κ2) is 12.8. The number of non-ortho nitro benzene ring substituents is 1. The molecule has 33 heavy (non-hydrogen) atoms. The lowest BCUT2D eigenvalue weighted by atomic mass is 10.1. The molecule has 1 N–H and O–H groups in total. The number of nitro benzene ring substituents is 1. The maximum atomic E-state index is 13.2. The molecule has 178 valence electrons. The molecule has 0 saturated carbocycles. The standard InChI is InChI=1S/C23H27Cl2N3O4S/c1-4-15(2)26-23(30)16(3)27(12-19-20(24)6-5-7-21(19)25)22(29)14-33-13-17-8-10-18(11-9-17)28(31)32/h5-11,15-16H,4,12-14H2,1-3H3,(H,26,30)/t15-,16-/m0/s1. The summed E-state index contributed by atoms with van der Waals surface area (Å²) in [6.45, 7) is 5.66. The predicted octanol–water partition coefficient (Wildman–Crippen LogP) is 5.47. The zero-order valence-electron chi connectivity index (χ0n) is 18.7. The number of amides is 2. The highest BCUT2D eigenvalue weighted by Crippen LogP contribution is 2.27. The van der Waals surface area contributed by atoms with Crippen molar-refractivity contribution >= 4 is 52.5 Å². The highest BCUT2D eigenvalue weighted by molar-refractivity contribution is 7.99. The predicted molar refractivity (Wildman–Crippen MR) is 134 cm³/mol. The first-order chi connectivity index (χ1) is 15.6. The lowest BCUT2D eigenvalue weighted by Gasteiger charge is -2.30. The molecule has 10 heteroatoms. The van der Waals surface area contributed by atoms with Crippen LogP contribution < -0.4 is 5.32 Å². The summed E-state index contributed by atoms with van der Waals surface area (Å²) < 4.78 is 0. The Kier molecular flexibility index (Phi) is 10.5. The fraction of sp³-hybridized carbons (Fsp3) is 0.391. The normalized spacial score (nSPS) is 12.6. The smallest absolute Gasteiger partial charge is 0.269 e. The van der Waals surface area contributed by atoms with Crippen LogP contribution in [0.25, 0.3) is 0 Å². The number of carbonyl (C=O) groups is 2. The van der Waals surface area contributed by atoms with Gasteiger partial charge in [0.15, 0.2) is 0 Å². The molecule has 2 atom stereocenters. The molecule has 2 amide bonds. The first-order valence-electron chi connectivity index (χ1n) is 10.5. The maximum absolute atomic E-state index is 13.2. The molecule has 0 heterocycles. The van der Waals surface area contributed by atoms with Crippen LogP contribution in [0.2, 0.25) is 10.0 Å². The fourth-order valence-corrected chi connectivity index (χ4v) is 4.34. The SMILES string of the molecule is CC[C@H](C)NC(=O)[C@H](C)N(Cc1c(Cl)cccc1Cl)C(=O)CSCc1ccc([N+](=O)[O-])cc1. The zero-order chi connectivity index (χ0) is 24.5. The molecule has 0 aromatic heterocycles. The number of nitro groups is 1. The molecule has 0 bridgehead atoms. The van der Waals surface area contributed by atoms with Crippen molar-refractivity contribution in [2.24, 2.45) is 0 Å². The molecule has 0 aliphatic carbocycles. The van der Waals surface area contributed by atoms with E-state index in [9.17, 15) is 19.7 Å². The Hall–Kier alpha value is -2.29. The van der Waals surface area contributed by atoms with E-state index in [0.717, 1.165) is 12.0 Å². The molecule has 0 aliphatic rings. The topological polar surface area (TPSA) is 92.6 Å². The third-order valence-corrected chi connectivity index (χ3v) is 6.90. The summed E-state index contributed by atoms with van der Waals surface area (Å²) in [5.74, 6) is 0.142. The van der Waals surface area contributed by atoms with E-state index in [2.05, 4.69) is 5.32 Å². The Balaban J connectivity index is 2.12. The molecule has 0 radical (unpaired) electrons. The van der Waals surface area contributed by atoms with Crippen molar-refractivity contribution in [3.8, 4) is 0 Å². The highest BCUT2D eigenvalue weighted by atomic mass is 35.5. The Morgan fingerprint density at radius 3 is 2.27 bits per heavy atom. The van der Waals surface area contributed by atoms with E-state index in [1.807, 2.05) is 13.8 Å². The highest BCUT2D eigenvalue weighted by Gasteiger charge is 2.28. The Labute approximate surface area is 208 Å². The van der Waals surface area contributed by atoms with Crippen LogP contribution in [-0.2, 0) is 21.9 Å². The summed E-state index contributed by atoms with van der Waals surface area (Å²) in [6, 6.07) is 10.6. The zero-order valence-corrected chi connectivity index (χ0v) is 21.0. The van der Waals surface area contributed by atoms with Gasteiger partial charge in [0.25, 0.3) is 5.69 Å². The van der Waals surface area contributed by atoms with Gasteiger partial charge >= 0.3 is 0 Å². The molecule has 2 rings (SSSR count). The van der Waals surface area contributed by atoms with Crippen molar-refractivity contribution in [2.45, 2.75) is 51.6 Å². The minimum Gasteiger partial charge on any atom is -0.352 e. The second-order valence-electron chi connectivity index (χ2n) is 7.63. The number of nitrogens with one attached hydrogen (secondary N) is 1. The van der Waals surface area contributed by atoms with Gasteiger partial charge in [0.2, 0.25) is 11.8 Å². The molecule has 0 saturated heterocycles. The molecular formula is C23H27Cl2N3O4S. The third kappa shape index (κ3) is 7.91. The van der Waals surface area contributed by atoms with E-state index in [0.29, 0.717) is 21.4 Å². The van der Waals surface area contributed by atoms with Crippen LogP contribution >= 0.6 is 35.0 Å². The van der Waals surface area contributed by atoms with Gasteiger partial charge in [-0.25, -0.2) is 0 Å². The van der Waals surface area contributed by atoms with E-state index >= 15 is 0 Å². The molecule has 2 aromatic rings. The number of hydrogen-bond acceptors (Lipinski definition) is 5. The van der Waals surface area contributed by atoms with Gasteiger partial charge in [-0.3, -0.25) is 19.7 Å². The van der Waals surface area contributed by atoms with Crippen molar-refractivity contribution in [2.75, 3.05) is 5.75 Å². The summed E-state index contributed by atoms with van der Waals surface area (Å²) in [7, 11) is 0. The Bertz CT molecular complexity index is 968. The lowest BCUT2D eigenvalue weighted by Crippen LogP contribution is -2.50. The van der Waals surface area contributed by atoms with Crippen LogP contribution in [0.5, 0.6) is 0 Å². The van der Waals surface area contributed by atoms with Crippen LogP contribution in [0.4, 0.5) is 5.69 Å². The minimum atomic E-state index is -0.723. The van der Waals surface area contributed by atoms with Gasteiger partial charge in [-0.2, -0.15) is 0 Å². The largest absolute Gasteiger partial charge is 0.352 e. The first kappa shape index (κ1) is 27.0. The van der Waals surface area contributed by atoms with Crippen LogP contribution in [0.3, 0.4) is 0 Å². The summed E-state index contributed by atoms with van der Waals surface area (Å²) in [6.07, 6.45) is 0.772. The van der Waals surface area contributed by atoms with Crippen LogP contribution in [-0.4, -0.2) is 39.5 Å². The number of benzene rings is 2. The van der Waals surface area contributed by atoms with Gasteiger partial charge in [-0.15, -0.1) is 11.8 Å². The number of halogens is 2. The number of hydrogen-bond donors (Lipinski definition) is 1. The van der Waals surface area contributed by atoms with Gasteiger partial charge in [-0.1, -0.05) is 48.3 Å². The minimum absolute atomic E-state index is 0.0164. The van der Waals surface area contributed by atoms with Gasteiger partial charge in [0, 0.05) is 46.1 Å². The van der Waals surface area contributed by atoms with E-state index in [4.69, 9.17) is 23.2 Å². The number of carbonyl (C=O) groups excluding carboxylic acids is 2. The molecule has 0 aliphatic heterocycles. The second-order valence-corrected chi connectivity index (χ2v) is 9.43. The van der Waals surface area contributed by atoms with Crippen molar-refractivity contribution in [1.29, 1.82) is 0 Å². The number of thioether (sulfide) groups is 1. The number of nitrogens with zero attached hydrogens (tertiary/aromatic N) is 2. The summed E-state index contributed by atoms with van der Waals surface area (Å²) in [5.41, 5.74) is 1.46. The summed E-state index contributed by atoms with van der Waals surface area (Å²) in [5, 5.41) is 14.6. The molecule has 0 fully saturated rings. The van der Waals surface area contributed by atoms with Crippen molar-refractivity contribution < 1.29 is 14.5 Å². The van der Waals surface area contributed by atoms with Gasteiger partial charge in [-0.05, 0) is 38.0 Å². The number of rotatable bonds is 11. The summed E-state index contributed by atoms with van der Waals surface area (Å²) >= 11 is 14.0. The molecule has 0 unspecified atom stereocenters. The Morgan fingerprint density at radius 1 is 1.12 bits per heavy atom. The van der Waals surface area contributed by atoms with Crippen molar-refractivity contribution in [3.63, 3.8) is 0 Å². The van der Waals surface area contributed by atoms with Gasteiger partial charge < -0.3 is 10.2 Å². The van der Waals surface area contributed by atoms with E-state index in [-0.39, 0.29) is 35.8 Å². The monoisotopic (exact) mass is 511 g/mol. The van der Waals surface area contributed by atoms with Crippen LogP contribution in [0, 0.1) is 10.1 Å². The fourth-order valence-electron chi connectivity index (χ4n) is 2.95. The van der Waals surface area contributed by atoms with E-state index in [1.54, 1.807) is 37.3 Å². The quantitative estimate of drug-likeness (QED) is 0.319. The van der Waals surface area contributed by atoms with Gasteiger partial charge in [0.05, 0.1) is 10.7 Å². The summed E-state index contributed by atoms with van der Waals surface area (Å²) in [4.78, 5) is 37.7. The van der Waals surface area contributed by atoms with Crippen molar-refractivity contribution in [1.82, 2.24) is 10.2 Å². The maximum Gasteiger partial charge on any atom is 0.269 e. The molecule has 2 aromatic carbocycles.